The lowest BCUT2D eigenvalue weighted by Gasteiger charge is -2.21. The van der Waals surface area contributed by atoms with E-state index in [1.54, 1.807) is 12.1 Å². The Morgan fingerprint density at radius 2 is 2.03 bits per heavy atom. The van der Waals surface area contributed by atoms with Gasteiger partial charge in [-0.05, 0) is 35.7 Å². The lowest BCUT2D eigenvalue weighted by molar-refractivity contribution is -0.136. The number of thiophene rings is 1. The Labute approximate surface area is 175 Å². The summed E-state index contributed by atoms with van der Waals surface area (Å²) in [6, 6.07) is 8.41. The van der Waals surface area contributed by atoms with E-state index in [1.165, 1.54) is 6.07 Å². The zero-order chi connectivity index (χ0) is 21.0. The van der Waals surface area contributed by atoms with Crippen LogP contribution in [-0.2, 0) is 39.0 Å². The summed E-state index contributed by atoms with van der Waals surface area (Å²) in [5, 5.41) is 8.67. The van der Waals surface area contributed by atoms with E-state index < -0.39 is 15.8 Å². The van der Waals surface area contributed by atoms with Crippen LogP contribution in [0.1, 0.15) is 22.4 Å². The third kappa shape index (κ3) is 3.35. The van der Waals surface area contributed by atoms with Crippen LogP contribution in [0.2, 0.25) is 0 Å². The molecular weight excluding hydrogens is 429 g/mol. The molecule has 0 atom stereocenters. The number of benzene rings is 1. The Balaban J connectivity index is 1.62. The number of hydrogen-bond donors (Lipinski definition) is 1. The molecule has 5 rings (SSSR count). The van der Waals surface area contributed by atoms with Crippen molar-refractivity contribution in [1.29, 1.82) is 0 Å². The van der Waals surface area contributed by atoms with Gasteiger partial charge in [-0.1, -0.05) is 12.1 Å². The highest BCUT2D eigenvalue weighted by molar-refractivity contribution is 7.90. The van der Waals surface area contributed by atoms with Crippen LogP contribution >= 0.6 is 11.3 Å². The van der Waals surface area contributed by atoms with Crippen LogP contribution in [0.5, 0.6) is 0 Å². The summed E-state index contributed by atoms with van der Waals surface area (Å²) >= 11 is 0.915. The molecule has 3 aromatic rings. The first-order valence-corrected chi connectivity index (χ1v) is 11.9. The average Bonchev–Trinajstić information content (AvgIpc) is 3.35. The van der Waals surface area contributed by atoms with Crippen LogP contribution in [0.4, 0.5) is 15.9 Å². The van der Waals surface area contributed by atoms with Crippen LogP contribution < -0.4 is 4.90 Å². The molecule has 30 heavy (non-hydrogen) atoms. The van der Waals surface area contributed by atoms with Gasteiger partial charge in [-0.2, -0.15) is 4.39 Å². The van der Waals surface area contributed by atoms with Gasteiger partial charge in [0.05, 0.1) is 28.5 Å². The number of fused-ring (bicyclic) bond motifs is 2. The van der Waals surface area contributed by atoms with E-state index in [9.17, 15) is 17.6 Å². The number of aliphatic carboxylic acids is 1. The summed E-state index contributed by atoms with van der Waals surface area (Å²) < 4.78 is 38.2. The van der Waals surface area contributed by atoms with Crippen molar-refractivity contribution in [3.05, 3.63) is 57.8 Å². The minimum absolute atomic E-state index is 0.0531. The van der Waals surface area contributed by atoms with E-state index in [2.05, 4.69) is 9.97 Å². The number of sulfone groups is 1. The quantitative estimate of drug-likeness (QED) is 0.659. The molecule has 0 spiro atoms. The molecule has 0 radical (unpaired) electrons. The second-order valence-electron chi connectivity index (χ2n) is 7.37. The van der Waals surface area contributed by atoms with Crippen LogP contribution in [0.25, 0.3) is 10.7 Å². The minimum Gasteiger partial charge on any atom is -0.481 e. The zero-order valence-electron chi connectivity index (χ0n) is 15.6. The highest BCUT2D eigenvalue weighted by Crippen LogP contribution is 2.41. The summed E-state index contributed by atoms with van der Waals surface area (Å²) in [6.45, 7) is 0.591. The molecule has 2 aliphatic heterocycles. The van der Waals surface area contributed by atoms with Crippen molar-refractivity contribution in [3.8, 4) is 10.7 Å². The van der Waals surface area contributed by atoms with Crippen molar-refractivity contribution in [2.75, 3.05) is 11.4 Å². The van der Waals surface area contributed by atoms with Gasteiger partial charge in [-0.15, -0.1) is 11.3 Å². The smallest absolute Gasteiger partial charge is 0.307 e. The lowest BCUT2D eigenvalue weighted by Crippen LogP contribution is -2.18. The fraction of sp³-hybridized carbons (Fsp3) is 0.250. The first-order chi connectivity index (χ1) is 14.3. The Hall–Kier alpha value is -2.85. The Morgan fingerprint density at radius 1 is 1.20 bits per heavy atom. The fourth-order valence-corrected chi connectivity index (χ4v) is 6.15. The third-order valence-corrected chi connectivity index (χ3v) is 7.55. The first kappa shape index (κ1) is 19.1. The summed E-state index contributed by atoms with van der Waals surface area (Å²) in [4.78, 5) is 22.6. The summed E-state index contributed by atoms with van der Waals surface area (Å²) in [5.41, 5.74) is 3.62. The van der Waals surface area contributed by atoms with Crippen molar-refractivity contribution in [1.82, 2.24) is 9.97 Å². The number of carboxylic acid groups (broad SMARTS) is 1. The molecular formula is C20H16FN3O4S2. The maximum atomic E-state index is 13.6. The molecule has 7 nitrogen and oxygen atoms in total. The van der Waals surface area contributed by atoms with Gasteiger partial charge >= 0.3 is 5.97 Å². The molecule has 0 saturated heterocycles. The number of rotatable bonds is 4. The van der Waals surface area contributed by atoms with E-state index >= 15 is 0 Å². The first-order valence-electron chi connectivity index (χ1n) is 9.26. The second-order valence-corrected chi connectivity index (χ2v) is 10.5. The van der Waals surface area contributed by atoms with Gasteiger partial charge in [-0.25, -0.2) is 18.4 Å². The SMILES string of the molecule is O=C(O)Cc1ccc2c(c1)CCN2c1nc(-c2ccc(F)s2)nc2c1CS(=O)(=O)C2. The number of anilines is 2. The number of hydrogen-bond acceptors (Lipinski definition) is 7. The van der Waals surface area contributed by atoms with Gasteiger partial charge in [0.25, 0.3) is 0 Å². The summed E-state index contributed by atoms with van der Waals surface area (Å²) in [7, 11) is -3.31. The van der Waals surface area contributed by atoms with Crippen molar-refractivity contribution >= 4 is 38.6 Å². The fourth-order valence-electron chi connectivity index (χ4n) is 3.99. The predicted molar refractivity (Wildman–Crippen MR) is 110 cm³/mol. The van der Waals surface area contributed by atoms with Gasteiger partial charge in [0, 0.05) is 17.8 Å². The van der Waals surface area contributed by atoms with Gasteiger partial charge in [0.15, 0.2) is 20.8 Å². The molecule has 0 aliphatic carbocycles. The average molecular weight is 445 g/mol. The molecule has 10 heteroatoms. The molecule has 1 aromatic carbocycles. The molecule has 4 heterocycles. The molecule has 0 fully saturated rings. The van der Waals surface area contributed by atoms with Gasteiger partial charge < -0.3 is 10.0 Å². The lowest BCUT2D eigenvalue weighted by atomic mass is 10.1. The molecule has 154 valence electrons. The maximum Gasteiger partial charge on any atom is 0.307 e. The van der Waals surface area contributed by atoms with Crippen molar-refractivity contribution < 1.29 is 22.7 Å². The highest BCUT2D eigenvalue weighted by atomic mass is 32.2. The normalized spacial score (nSPS) is 16.5. The van der Waals surface area contributed by atoms with Crippen molar-refractivity contribution in [2.24, 2.45) is 0 Å². The highest BCUT2D eigenvalue weighted by Gasteiger charge is 2.34. The molecule has 0 bridgehead atoms. The monoisotopic (exact) mass is 445 g/mol. The summed E-state index contributed by atoms with van der Waals surface area (Å²) in [6.07, 6.45) is 0.639. The minimum atomic E-state index is -3.31. The Bertz CT molecular complexity index is 1300. The van der Waals surface area contributed by atoms with Crippen LogP contribution in [0, 0.1) is 5.13 Å². The largest absolute Gasteiger partial charge is 0.481 e. The third-order valence-electron chi connectivity index (χ3n) is 5.24. The second kappa shape index (κ2) is 6.85. The van der Waals surface area contributed by atoms with Crippen molar-refractivity contribution in [3.63, 3.8) is 0 Å². The van der Waals surface area contributed by atoms with E-state index in [0.717, 1.165) is 22.6 Å². The van der Waals surface area contributed by atoms with E-state index in [0.29, 0.717) is 46.3 Å². The summed E-state index contributed by atoms with van der Waals surface area (Å²) in [5.74, 6) is -0.340. The van der Waals surface area contributed by atoms with Crippen molar-refractivity contribution in [2.45, 2.75) is 24.3 Å². The van der Waals surface area contributed by atoms with Crippen LogP contribution in [0.3, 0.4) is 0 Å². The predicted octanol–water partition coefficient (Wildman–Crippen LogP) is 3.09. The number of carbonyl (C=O) groups is 1. The van der Waals surface area contributed by atoms with Crippen LogP contribution in [0.15, 0.2) is 30.3 Å². The molecule has 2 aliphatic rings. The van der Waals surface area contributed by atoms with E-state index in [-0.39, 0.29) is 23.1 Å². The Kier molecular flexibility index (Phi) is 4.37. The zero-order valence-corrected chi connectivity index (χ0v) is 17.3. The maximum absolute atomic E-state index is 13.6. The molecule has 1 N–H and O–H groups in total. The molecule has 0 unspecified atom stereocenters. The topological polar surface area (TPSA) is 100 Å². The number of aromatic nitrogens is 2. The number of carboxylic acids is 1. The molecule has 2 aromatic heterocycles. The van der Waals surface area contributed by atoms with E-state index in [4.69, 9.17) is 5.11 Å². The van der Waals surface area contributed by atoms with Gasteiger partial charge in [0.1, 0.15) is 5.82 Å². The molecule has 0 saturated carbocycles. The van der Waals surface area contributed by atoms with Crippen LogP contribution in [-0.4, -0.2) is 36.0 Å². The Morgan fingerprint density at radius 3 is 2.77 bits per heavy atom. The van der Waals surface area contributed by atoms with Gasteiger partial charge in [-0.3, -0.25) is 4.79 Å². The number of nitrogens with zero attached hydrogens (tertiary/aromatic N) is 3. The van der Waals surface area contributed by atoms with E-state index in [1.807, 2.05) is 17.0 Å². The van der Waals surface area contributed by atoms with Gasteiger partial charge in [0.2, 0.25) is 0 Å². The molecule has 0 amide bonds. The standard InChI is InChI=1S/C20H16FN3O4S2/c21-17-4-3-16(29-17)19-22-14-10-30(27,28)9-13(14)20(23-19)24-6-5-12-7-11(8-18(25)26)1-2-15(12)24/h1-4,7H,5-6,8-10H2,(H,25,26). The number of halogens is 1.